The van der Waals surface area contributed by atoms with E-state index < -0.39 is 28.1 Å². The maximum absolute atomic E-state index is 12.5. The SMILES string of the molecule is CC1(C)[C@@H]2C[C@@H](OC(=O)c3cc([NH+]([O-])O)cc([NH+]([O-])O)c3)[C@](C)(O)C[C@H]21. The number of quaternary nitrogens is 2. The zero-order chi connectivity index (χ0) is 19.4. The lowest BCUT2D eigenvalue weighted by Gasteiger charge is -2.36. The van der Waals surface area contributed by atoms with Crippen molar-refractivity contribution >= 4 is 17.3 Å². The number of benzene rings is 1. The molecule has 0 amide bonds. The monoisotopic (exact) mass is 368 g/mol. The van der Waals surface area contributed by atoms with Crippen molar-refractivity contribution < 1.29 is 35.5 Å². The van der Waals surface area contributed by atoms with Gasteiger partial charge < -0.3 is 20.3 Å². The van der Waals surface area contributed by atoms with Gasteiger partial charge in [0, 0.05) is 12.1 Å². The third-order valence-corrected chi connectivity index (χ3v) is 5.99. The number of nitrogens with one attached hydrogen (secondary N) is 2. The van der Waals surface area contributed by atoms with Gasteiger partial charge in [-0.1, -0.05) is 13.8 Å². The van der Waals surface area contributed by atoms with E-state index in [0.717, 1.165) is 18.2 Å². The molecule has 9 nitrogen and oxygen atoms in total. The molecule has 3 rings (SSSR count). The maximum Gasteiger partial charge on any atom is 0.338 e. The molecule has 2 fully saturated rings. The third kappa shape index (κ3) is 3.35. The minimum absolute atomic E-state index is 0.102. The summed E-state index contributed by atoms with van der Waals surface area (Å²) in [4.78, 5) is 12.5. The molecule has 0 spiro atoms. The van der Waals surface area contributed by atoms with E-state index in [1.165, 1.54) is 0 Å². The smallest absolute Gasteiger partial charge is 0.338 e. The lowest BCUT2D eigenvalue weighted by molar-refractivity contribution is -0.996. The first-order chi connectivity index (χ1) is 11.9. The molecular weight excluding hydrogens is 344 g/mol. The van der Waals surface area contributed by atoms with Crippen LogP contribution in [-0.2, 0) is 4.74 Å². The van der Waals surface area contributed by atoms with E-state index in [4.69, 9.17) is 15.2 Å². The Morgan fingerprint density at radius 3 is 2.15 bits per heavy atom. The molecule has 0 bridgehead atoms. The molecule has 1 aromatic rings. The van der Waals surface area contributed by atoms with Crippen molar-refractivity contribution in [1.29, 1.82) is 0 Å². The number of aliphatic hydroxyl groups is 1. The quantitative estimate of drug-likeness (QED) is 0.367. The molecule has 0 saturated heterocycles. The van der Waals surface area contributed by atoms with E-state index in [1.54, 1.807) is 6.92 Å². The Bertz CT molecular complexity index is 691. The van der Waals surface area contributed by atoms with Gasteiger partial charge >= 0.3 is 5.97 Å². The molecule has 2 aliphatic rings. The Labute approximate surface area is 150 Å². The number of carbonyl (C=O) groups is 1. The second-order valence-corrected chi connectivity index (χ2v) is 8.13. The van der Waals surface area contributed by atoms with Gasteiger partial charge in [0.1, 0.15) is 6.10 Å². The third-order valence-electron chi connectivity index (χ3n) is 5.99. The first-order valence-electron chi connectivity index (χ1n) is 8.48. The lowest BCUT2D eigenvalue weighted by Crippen LogP contribution is -3.00. The molecule has 5 N–H and O–H groups in total. The first-order valence-corrected chi connectivity index (χ1v) is 8.48. The number of ether oxygens (including phenoxy) is 1. The zero-order valence-corrected chi connectivity index (χ0v) is 14.9. The summed E-state index contributed by atoms with van der Waals surface area (Å²) in [6.07, 6.45) is 0.332. The molecule has 0 aromatic heterocycles. The van der Waals surface area contributed by atoms with Gasteiger partial charge in [-0.15, -0.1) is 0 Å². The van der Waals surface area contributed by atoms with Crippen molar-refractivity contribution in [1.82, 2.24) is 0 Å². The van der Waals surface area contributed by atoms with Crippen LogP contribution in [0.3, 0.4) is 0 Å². The summed E-state index contributed by atoms with van der Waals surface area (Å²) in [6, 6.07) is 3.15. The largest absolute Gasteiger partial charge is 0.595 e. The van der Waals surface area contributed by atoms with Crippen molar-refractivity contribution in [2.45, 2.75) is 45.3 Å². The fourth-order valence-corrected chi connectivity index (χ4v) is 4.16. The molecule has 2 unspecified atom stereocenters. The minimum atomic E-state index is -1.34. The average molecular weight is 368 g/mol. The summed E-state index contributed by atoms with van der Waals surface area (Å²) in [5.74, 6) is -0.0837. The highest BCUT2D eigenvalue weighted by Crippen LogP contribution is 2.66. The highest BCUT2D eigenvalue weighted by Gasteiger charge is 2.64. The van der Waals surface area contributed by atoms with Crippen molar-refractivity contribution in [2.24, 2.45) is 17.3 Å². The van der Waals surface area contributed by atoms with E-state index in [1.807, 2.05) is 0 Å². The van der Waals surface area contributed by atoms with Gasteiger partial charge in [0.25, 0.3) is 0 Å². The Kier molecular flexibility index (Phi) is 4.60. The summed E-state index contributed by atoms with van der Waals surface area (Å²) in [5.41, 5.74) is -1.85. The molecule has 0 heterocycles. The van der Waals surface area contributed by atoms with Crippen LogP contribution < -0.4 is 10.5 Å². The molecule has 6 atom stereocenters. The molecule has 26 heavy (non-hydrogen) atoms. The van der Waals surface area contributed by atoms with Crippen LogP contribution in [0.5, 0.6) is 0 Å². The van der Waals surface area contributed by atoms with E-state index in [0.29, 0.717) is 24.7 Å². The van der Waals surface area contributed by atoms with Crippen molar-refractivity contribution in [2.75, 3.05) is 0 Å². The number of hydrogen-bond donors (Lipinski definition) is 5. The predicted molar refractivity (Wildman–Crippen MR) is 87.8 cm³/mol. The Morgan fingerprint density at radius 2 is 1.65 bits per heavy atom. The second-order valence-electron chi connectivity index (χ2n) is 8.13. The van der Waals surface area contributed by atoms with E-state index in [9.17, 15) is 20.3 Å². The van der Waals surface area contributed by atoms with Crippen molar-refractivity contribution in [3.05, 3.63) is 34.2 Å². The highest BCUT2D eigenvalue weighted by molar-refractivity contribution is 5.91. The molecule has 9 heteroatoms. The summed E-state index contributed by atoms with van der Waals surface area (Å²) < 4.78 is 5.48. The van der Waals surface area contributed by atoms with Gasteiger partial charge in [0.05, 0.1) is 17.2 Å². The Balaban J connectivity index is 1.81. The van der Waals surface area contributed by atoms with Crippen LogP contribution in [-0.4, -0.2) is 33.2 Å². The summed E-state index contributed by atoms with van der Waals surface area (Å²) in [6.45, 7) is 5.88. The van der Waals surface area contributed by atoms with E-state index in [-0.39, 0.29) is 22.4 Å². The normalized spacial score (nSPS) is 34.5. The van der Waals surface area contributed by atoms with Gasteiger partial charge in [-0.25, -0.2) is 15.2 Å². The van der Waals surface area contributed by atoms with Crippen LogP contribution in [0.4, 0.5) is 11.4 Å². The molecule has 1 aromatic carbocycles. The fourth-order valence-electron chi connectivity index (χ4n) is 4.16. The molecule has 0 radical (unpaired) electrons. The summed E-state index contributed by atoms with van der Waals surface area (Å²) in [5, 5.41) is 48.6. The Hall–Kier alpha value is -1.59. The van der Waals surface area contributed by atoms with Gasteiger partial charge in [0.2, 0.25) is 0 Å². The van der Waals surface area contributed by atoms with Crippen molar-refractivity contribution in [3.8, 4) is 0 Å². The van der Waals surface area contributed by atoms with E-state index >= 15 is 0 Å². The lowest BCUT2D eigenvalue weighted by atomic mass is 9.83. The first kappa shape index (κ1) is 19.2. The minimum Gasteiger partial charge on any atom is -0.595 e. The topological polar surface area (TPSA) is 142 Å². The van der Waals surface area contributed by atoms with Gasteiger partial charge in [-0.3, -0.25) is 0 Å². The highest BCUT2D eigenvalue weighted by atomic mass is 16.8. The fraction of sp³-hybridized carbons (Fsp3) is 0.588. The van der Waals surface area contributed by atoms with Crippen LogP contribution >= 0.6 is 0 Å². The molecule has 0 aliphatic heterocycles. The number of fused-ring (bicyclic) bond motifs is 1. The zero-order valence-electron chi connectivity index (χ0n) is 14.9. The molecule has 2 saturated carbocycles. The molecule has 2 aliphatic carbocycles. The van der Waals surface area contributed by atoms with Crippen LogP contribution in [0, 0.1) is 27.7 Å². The predicted octanol–water partition coefficient (Wildman–Crippen LogP) is -0.164. The number of carbonyl (C=O) groups excluding carboxylic acids is 1. The van der Waals surface area contributed by atoms with Crippen molar-refractivity contribution in [3.63, 3.8) is 0 Å². The van der Waals surface area contributed by atoms with Gasteiger partial charge in [-0.2, -0.15) is 10.5 Å². The number of rotatable bonds is 4. The molecular formula is C17H24N2O7. The van der Waals surface area contributed by atoms with Gasteiger partial charge in [0.15, 0.2) is 11.4 Å². The molecule has 144 valence electrons. The Morgan fingerprint density at radius 1 is 1.12 bits per heavy atom. The van der Waals surface area contributed by atoms with Crippen LogP contribution in [0.15, 0.2) is 18.2 Å². The van der Waals surface area contributed by atoms with Gasteiger partial charge in [-0.05, 0) is 37.0 Å². The van der Waals surface area contributed by atoms with E-state index in [2.05, 4.69) is 13.8 Å². The summed E-state index contributed by atoms with van der Waals surface area (Å²) >= 11 is 0. The average Bonchev–Trinajstić information content (AvgIpc) is 3.05. The number of esters is 1. The second kappa shape index (κ2) is 6.24. The summed E-state index contributed by atoms with van der Waals surface area (Å²) in [7, 11) is 0. The van der Waals surface area contributed by atoms with Crippen LogP contribution in [0.25, 0.3) is 0 Å². The standard InChI is InChI=1S/C17H24N2O7/c1-16(2)12-7-14(17(3,21)8-13(12)16)26-15(20)9-4-10(18(22)23)6-11(5-9)19(24)25/h4-6,12-14,18-19,21-22,24H,7-8H2,1-3H3/t12-,13-,14-,17-/m1/s1. The maximum atomic E-state index is 12.5. The van der Waals surface area contributed by atoms with Crippen LogP contribution in [0.2, 0.25) is 0 Å². The number of hydrogen-bond acceptors (Lipinski definition) is 7. The van der Waals surface area contributed by atoms with Crippen LogP contribution in [0.1, 0.15) is 44.0 Å².